The molecule has 0 aliphatic heterocycles. The van der Waals surface area contributed by atoms with Crippen molar-refractivity contribution in [2.24, 2.45) is 0 Å². The van der Waals surface area contributed by atoms with Crippen LogP contribution in [-0.2, 0) is 6.54 Å². The van der Waals surface area contributed by atoms with Crippen molar-refractivity contribution in [2.45, 2.75) is 13.5 Å². The van der Waals surface area contributed by atoms with Gasteiger partial charge in [0.1, 0.15) is 5.56 Å². The van der Waals surface area contributed by atoms with E-state index in [9.17, 15) is 14.7 Å². The number of hydrogen-bond donors (Lipinski definition) is 4. The molecule has 0 unspecified atom stereocenters. The van der Waals surface area contributed by atoms with Gasteiger partial charge in [-0.15, -0.1) is 11.3 Å². The Labute approximate surface area is 124 Å². The van der Waals surface area contributed by atoms with Gasteiger partial charge in [-0.2, -0.15) is 0 Å². The van der Waals surface area contributed by atoms with E-state index in [1.165, 1.54) is 29.5 Å². The first-order valence-corrected chi connectivity index (χ1v) is 6.86. The summed E-state index contributed by atoms with van der Waals surface area (Å²) in [5.41, 5.74) is 2.29. The Balaban J connectivity index is 2.01. The minimum absolute atomic E-state index is 0.0356. The van der Waals surface area contributed by atoms with Crippen LogP contribution in [0.4, 0.5) is 10.5 Å². The highest BCUT2D eigenvalue weighted by atomic mass is 32.1. The number of hydrogen-bond acceptors (Lipinski definition) is 5. The summed E-state index contributed by atoms with van der Waals surface area (Å²) in [5.74, 6) is -1.74. The molecule has 21 heavy (non-hydrogen) atoms. The zero-order valence-corrected chi connectivity index (χ0v) is 11.9. The first kappa shape index (κ1) is 14.8. The first-order valence-electron chi connectivity index (χ1n) is 5.98. The molecule has 2 amide bonds. The zero-order valence-electron chi connectivity index (χ0n) is 11.1. The maximum absolute atomic E-state index is 11.8. The molecule has 0 saturated heterocycles. The number of carboxylic acids is 1. The smallest absolute Gasteiger partial charge is 0.339 e. The number of carbonyl (C=O) groups excluding carboxylic acids is 1. The van der Waals surface area contributed by atoms with Crippen LogP contribution in [0.15, 0.2) is 23.7 Å². The largest absolute Gasteiger partial charge is 0.505 e. The molecule has 2 aromatic rings. The lowest BCUT2D eigenvalue weighted by molar-refractivity contribution is 0.0693. The number of para-hydroxylation sites is 1. The molecule has 110 valence electrons. The Kier molecular flexibility index (Phi) is 4.39. The number of nitrogens with zero attached hydrogens (tertiary/aromatic N) is 1. The van der Waals surface area contributed by atoms with Gasteiger partial charge in [0.2, 0.25) is 0 Å². The van der Waals surface area contributed by atoms with Crippen molar-refractivity contribution >= 4 is 29.0 Å². The van der Waals surface area contributed by atoms with E-state index < -0.39 is 17.7 Å². The van der Waals surface area contributed by atoms with Crippen LogP contribution < -0.4 is 10.6 Å². The minimum Gasteiger partial charge on any atom is -0.505 e. The first-order chi connectivity index (χ1) is 9.99. The summed E-state index contributed by atoms with van der Waals surface area (Å²) in [5, 5.41) is 23.7. The molecule has 0 atom stereocenters. The molecule has 0 radical (unpaired) electrons. The predicted octanol–water partition coefficient (Wildman–Crippen LogP) is 2.18. The fourth-order valence-corrected chi connectivity index (χ4v) is 2.36. The molecule has 0 fully saturated rings. The highest BCUT2D eigenvalue weighted by Gasteiger charge is 2.14. The van der Waals surface area contributed by atoms with Crippen LogP contribution in [0.5, 0.6) is 5.75 Å². The van der Waals surface area contributed by atoms with Crippen LogP contribution in [0, 0.1) is 6.92 Å². The van der Waals surface area contributed by atoms with Gasteiger partial charge in [-0.3, -0.25) is 0 Å². The number of thiazole rings is 1. The molecule has 7 nitrogen and oxygen atoms in total. The van der Waals surface area contributed by atoms with Gasteiger partial charge in [-0.25, -0.2) is 14.6 Å². The third kappa shape index (κ3) is 3.48. The Bertz CT molecular complexity index is 684. The quantitative estimate of drug-likeness (QED) is 0.647. The molecular weight excluding hydrogens is 294 g/mol. The summed E-state index contributed by atoms with van der Waals surface area (Å²) < 4.78 is 0. The Morgan fingerprint density at radius 3 is 2.76 bits per heavy atom. The van der Waals surface area contributed by atoms with Crippen molar-refractivity contribution in [1.82, 2.24) is 10.3 Å². The van der Waals surface area contributed by atoms with Gasteiger partial charge >= 0.3 is 12.0 Å². The summed E-state index contributed by atoms with van der Waals surface area (Å²) in [4.78, 5) is 27.6. The molecule has 0 spiro atoms. The fraction of sp³-hybridized carbons (Fsp3) is 0.154. The predicted molar refractivity (Wildman–Crippen MR) is 77.8 cm³/mol. The number of carboxylic acid groups (broad SMARTS) is 1. The third-order valence-corrected chi connectivity index (χ3v) is 3.70. The lowest BCUT2D eigenvalue weighted by atomic mass is 10.2. The van der Waals surface area contributed by atoms with Crippen molar-refractivity contribution in [2.75, 3.05) is 5.32 Å². The van der Waals surface area contributed by atoms with E-state index in [0.717, 1.165) is 10.6 Å². The lowest BCUT2D eigenvalue weighted by Crippen LogP contribution is -2.28. The number of aryl methyl sites for hydroxylation is 1. The highest BCUT2D eigenvalue weighted by molar-refractivity contribution is 7.09. The van der Waals surface area contributed by atoms with E-state index in [1.54, 1.807) is 5.51 Å². The van der Waals surface area contributed by atoms with Gasteiger partial charge in [0.15, 0.2) is 5.75 Å². The average Bonchev–Trinajstić information content (AvgIpc) is 2.84. The summed E-state index contributed by atoms with van der Waals surface area (Å²) in [6.45, 7) is 2.15. The third-order valence-electron chi connectivity index (χ3n) is 2.77. The van der Waals surface area contributed by atoms with Gasteiger partial charge in [-0.1, -0.05) is 6.07 Å². The second-order valence-electron chi connectivity index (χ2n) is 4.18. The van der Waals surface area contributed by atoms with E-state index in [2.05, 4.69) is 15.6 Å². The average molecular weight is 307 g/mol. The van der Waals surface area contributed by atoms with Crippen LogP contribution in [0.1, 0.15) is 20.9 Å². The van der Waals surface area contributed by atoms with E-state index in [-0.39, 0.29) is 11.3 Å². The van der Waals surface area contributed by atoms with E-state index in [0.29, 0.717) is 6.54 Å². The molecule has 0 aliphatic rings. The topological polar surface area (TPSA) is 112 Å². The van der Waals surface area contributed by atoms with Crippen molar-refractivity contribution in [3.8, 4) is 5.75 Å². The van der Waals surface area contributed by atoms with Crippen LogP contribution >= 0.6 is 11.3 Å². The number of aromatic hydroxyl groups is 1. The number of anilines is 1. The minimum atomic E-state index is -1.27. The summed E-state index contributed by atoms with van der Waals surface area (Å²) in [6, 6.07) is 3.56. The number of aromatic carboxylic acids is 1. The van der Waals surface area contributed by atoms with Gasteiger partial charge in [0.05, 0.1) is 23.4 Å². The summed E-state index contributed by atoms with van der Waals surface area (Å²) in [7, 11) is 0. The van der Waals surface area contributed by atoms with Crippen molar-refractivity contribution in [3.63, 3.8) is 0 Å². The van der Waals surface area contributed by atoms with Crippen molar-refractivity contribution in [3.05, 3.63) is 39.8 Å². The zero-order chi connectivity index (χ0) is 15.4. The number of nitrogens with one attached hydrogen (secondary N) is 2. The fourth-order valence-electron chi connectivity index (χ4n) is 1.64. The lowest BCUT2D eigenvalue weighted by Gasteiger charge is -2.10. The monoisotopic (exact) mass is 307 g/mol. The van der Waals surface area contributed by atoms with Crippen LogP contribution in [0.2, 0.25) is 0 Å². The van der Waals surface area contributed by atoms with Crippen molar-refractivity contribution in [1.29, 1.82) is 0 Å². The Hall–Kier alpha value is -2.61. The van der Waals surface area contributed by atoms with Crippen LogP contribution in [-0.4, -0.2) is 27.2 Å². The molecule has 2 rings (SSSR count). The van der Waals surface area contributed by atoms with E-state index >= 15 is 0 Å². The number of carbonyl (C=O) groups is 2. The molecule has 1 aromatic heterocycles. The molecule has 1 heterocycles. The molecule has 8 heteroatoms. The van der Waals surface area contributed by atoms with Gasteiger partial charge in [0.25, 0.3) is 0 Å². The standard InChI is InChI=1S/C13H13N3O4S/c1-7-10(21-6-15-7)5-14-13(20)16-9-4-2-3-8(11(9)17)12(18)19/h2-4,6,17H,5H2,1H3,(H,18,19)(H2,14,16,20). The normalized spacial score (nSPS) is 10.1. The molecule has 0 saturated carbocycles. The van der Waals surface area contributed by atoms with Crippen LogP contribution in [0.3, 0.4) is 0 Å². The summed E-state index contributed by atoms with van der Waals surface area (Å²) >= 11 is 1.43. The molecule has 1 aromatic carbocycles. The van der Waals surface area contributed by atoms with E-state index in [4.69, 9.17) is 5.11 Å². The van der Waals surface area contributed by atoms with E-state index in [1.807, 2.05) is 6.92 Å². The van der Waals surface area contributed by atoms with Crippen molar-refractivity contribution < 1.29 is 19.8 Å². The number of urea groups is 1. The van der Waals surface area contributed by atoms with Gasteiger partial charge in [0, 0.05) is 4.88 Å². The Morgan fingerprint density at radius 1 is 1.38 bits per heavy atom. The number of aromatic nitrogens is 1. The summed E-state index contributed by atoms with van der Waals surface area (Å²) in [6.07, 6.45) is 0. The molecule has 4 N–H and O–H groups in total. The second kappa shape index (κ2) is 6.23. The highest BCUT2D eigenvalue weighted by Crippen LogP contribution is 2.27. The number of phenols is 1. The second-order valence-corrected chi connectivity index (χ2v) is 5.11. The molecule has 0 bridgehead atoms. The number of amides is 2. The maximum atomic E-state index is 11.8. The van der Waals surface area contributed by atoms with Crippen LogP contribution in [0.25, 0.3) is 0 Å². The maximum Gasteiger partial charge on any atom is 0.339 e. The number of benzene rings is 1. The number of rotatable bonds is 4. The van der Waals surface area contributed by atoms with Gasteiger partial charge in [-0.05, 0) is 19.1 Å². The van der Waals surface area contributed by atoms with Gasteiger partial charge < -0.3 is 20.8 Å². The molecular formula is C13H13N3O4S. The Morgan fingerprint density at radius 2 is 2.14 bits per heavy atom. The molecule has 0 aliphatic carbocycles. The SMILES string of the molecule is Cc1ncsc1CNC(=O)Nc1cccc(C(=O)O)c1O.